The first kappa shape index (κ1) is 12.5. The molecule has 1 aromatic carbocycles. The summed E-state index contributed by atoms with van der Waals surface area (Å²) in [6.07, 6.45) is 1.21. The molecule has 0 saturated carbocycles. The van der Waals surface area contributed by atoms with Gasteiger partial charge in [0.2, 0.25) is 0 Å². The Morgan fingerprint density at radius 3 is 2.79 bits per heavy atom. The molecule has 0 radical (unpaired) electrons. The summed E-state index contributed by atoms with van der Waals surface area (Å²) in [5, 5.41) is 0. The molecule has 1 amide bonds. The molecule has 19 heavy (non-hydrogen) atoms. The first-order chi connectivity index (χ1) is 9.04. The van der Waals surface area contributed by atoms with Gasteiger partial charge in [0.05, 0.1) is 0 Å². The molecule has 2 aliphatic rings. The third-order valence-corrected chi connectivity index (χ3v) is 4.16. The quantitative estimate of drug-likeness (QED) is 0.824. The fraction of sp³-hybridized carbons (Fsp3) is 0.533. The van der Waals surface area contributed by atoms with Gasteiger partial charge in [-0.15, -0.1) is 0 Å². The first-order valence-electron chi connectivity index (χ1n) is 6.86. The van der Waals surface area contributed by atoms with Crippen LogP contribution in [0.1, 0.15) is 23.1 Å². The summed E-state index contributed by atoms with van der Waals surface area (Å²) < 4.78 is 5.82. The Hall–Kier alpha value is -1.55. The summed E-state index contributed by atoms with van der Waals surface area (Å²) in [4.78, 5) is 14.2. The number of fused-ring (bicyclic) bond motifs is 1. The molecule has 0 spiro atoms. The highest BCUT2D eigenvalue weighted by atomic mass is 16.5. The van der Waals surface area contributed by atoms with Crippen LogP contribution in [0.3, 0.4) is 0 Å². The number of benzene rings is 1. The van der Waals surface area contributed by atoms with Gasteiger partial charge in [-0.3, -0.25) is 4.79 Å². The molecular formula is C15H20N2O2. The van der Waals surface area contributed by atoms with E-state index < -0.39 is 0 Å². The molecule has 2 heterocycles. The topological polar surface area (TPSA) is 55.6 Å². The molecule has 0 aromatic heterocycles. The van der Waals surface area contributed by atoms with Gasteiger partial charge in [0, 0.05) is 25.6 Å². The Morgan fingerprint density at radius 2 is 2.11 bits per heavy atom. The number of nitrogens with zero attached hydrogens (tertiary/aromatic N) is 1. The van der Waals surface area contributed by atoms with Crippen LogP contribution < -0.4 is 10.5 Å². The number of rotatable bonds is 1. The van der Waals surface area contributed by atoms with Gasteiger partial charge in [-0.1, -0.05) is 6.07 Å². The molecule has 4 nitrogen and oxygen atoms in total. The normalized spacial score (nSPS) is 25.3. The van der Waals surface area contributed by atoms with Crippen LogP contribution in [0.2, 0.25) is 0 Å². The van der Waals surface area contributed by atoms with Gasteiger partial charge in [0.25, 0.3) is 5.91 Å². The van der Waals surface area contributed by atoms with E-state index in [2.05, 4.69) is 19.9 Å². The van der Waals surface area contributed by atoms with Crippen molar-refractivity contribution < 1.29 is 9.53 Å². The molecule has 1 saturated heterocycles. The molecule has 102 valence electrons. The molecule has 2 atom stereocenters. The van der Waals surface area contributed by atoms with Crippen LogP contribution in [0, 0.1) is 13.8 Å². The number of carbonyl (C=O) groups excluding carboxylic acids is 1. The van der Waals surface area contributed by atoms with Gasteiger partial charge >= 0.3 is 0 Å². The molecule has 0 bridgehead atoms. The van der Waals surface area contributed by atoms with Crippen LogP contribution in [0.4, 0.5) is 0 Å². The number of ether oxygens (including phenoxy) is 1. The van der Waals surface area contributed by atoms with E-state index in [1.165, 1.54) is 11.1 Å². The van der Waals surface area contributed by atoms with Gasteiger partial charge in [-0.05, 0) is 43.0 Å². The van der Waals surface area contributed by atoms with Crippen molar-refractivity contribution >= 4 is 5.91 Å². The summed E-state index contributed by atoms with van der Waals surface area (Å²) >= 11 is 0. The minimum Gasteiger partial charge on any atom is -0.480 e. The molecule has 1 unspecified atom stereocenters. The zero-order valence-electron chi connectivity index (χ0n) is 11.5. The second kappa shape index (κ2) is 4.53. The molecule has 2 aliphatic heterocycles. The largest absolute Gasteiger partial charge is 0.480 e. The fourth-order valence-corrected chi connectivity index (χ4v) is 2.84. The lowest BCUT2D eigenvalue weighted by Crippen LogP contribution is -2.41. The number of nitrogens with two attached hydrogens (primary N) is 1. The van der Waals surface area contributed by atoms with Gasteiger partial charge in [-0.2, -0.15) is 0 Å². The Kier molecular flexibility index (Phi) is 2.97. The van der Waals surface area contributed by atoms with Crippen molar-refractivity contribution in [2.24, 2.45) is 5.73 Å². The maximum atomic E-state index is 12.4. The number of likely N-dealkylation sites (tertiary alicyclic amines) is 1. The highest BCUT2D eigenvalue weighted by Gasteiger charge is 2.35. The highest BCUT2D eigenvalue weighted by Crippen LogP contribution is 2.32. The Labute approximate surface area is 113 Å². The number of aryl methyl sites for hydroxylation is 2. The summed E-state index contributed by atoms with van der Waals surface area (Å²) in [6, 6.07) is 4.29. The predicted octanol–water partition coefficient (Wildman–Crippen LogP) is 1.17. The number of carbonyl (C=O) groups is 1. The minimum atomic E-state index is -0.360. The van der Waals surface area contributed by atoms with Crippen molar-refractivity contribution in [3.8, 4) is 5.75 Å². The van der Waals surface area contributed by atoms with Crippen molar-refractivity contribution in [2.45, 2.75) is 38.8 Å². The van der Waals surface area contributed by atoms with Crippen LogP contribution in [0.5, 0.6) is 5.75 Å². The van der Waals surface area contributed by atoms with E-state index in [9.17, 15) is 4.79 Å². The Bertz CT molecular complexity index is 496. The average molecular weight is 260 g/mol. The van der Waals surface area contributed by atoms with Crippen LogP contribution in [0.15, 0.2) is 12.1 Å². The van der Waals surface area contributed by atoms with Gasteiger partial charge in [0.1, 0.15) is 5.75 Å². The minimum absolute atomic E-state index is 0.0828. The van der Waals surface area contributed by atoms with E-state index in [4.69, 9.17) is 10.5 Å². The second-order valence-electron chi connectivity index (χ2n) is 5.69. The van der Waals surface area contributed by atoms with Gasteiger partial charge in [0.15, 0.2) is 6.10 Å². The lowest BCUT2D eigenvalue weighted by molar-refractivity contribution is -0.136. The molecule has 2 N–H and O–H groups in total. The molecule has 3 rings (SSSR count). The summed E-state index contributed by atoms with van der Waals surface area (Å²) in [7, 11) is 0. The predicted molar refractivity (Wildman–Crippen MR) is 73.2 cm³/mol. The van der Waals surface area contributed by atoms with Crippen molar-refractivity contribution in [1.82, 2.24) is 4.90 Å². The molecule has 1 aromatic rings. The van der Waals surface area contributed by atoms with Crippen LogP contribution >= 0.6 is 0 Å². The average Bonchev–Trinajstić information content (AvgIpc) is 2.95. The van der Waals surface area contributed by atoms with Crippen LogP contribution in [0.25, 0.3) is 0 Å². The smallest absolute Gasteiger partial charge is 0.264 e. The maximum Gasteiger partial charge on any atom is 0.264 e. The number of amides is 1. The highest BCUT2D eigenvalue weighted by molar-refractivity contribution is 5.83. The molecule has 4 heteroatoms. The zero-order chi connectivity index (χ0) is 13.6. The third-order valence-electron chi connectivity index (χ3n) is 4.16. The van der Waals surface area contributed by atoms with E-state index >= 15 is 0 Å². The van der Waals surface area contributed by atoms with E-state index in [0.717, 1.165) is 24.3 Å². The zero-order valence-corrected chi connectivity index (χ0v) is 11.5. The van der Waals surface area contributed by atoms with E-state index in [-0.39, 0.29) is 18.1 Å². The summed E-state index contributed by atoms with van der Waals surface area (Å²) in [6.45, 7) is 5.57. The lowest BCUT2D eigenvalue weighted by Gasteiger charge is -2.19. The van der Waals surface area contributed by atoms with Gasteiger partial charge in [-0.25, -0.2) is 0 Å². The summed E-state index contributed by atoms with van der Waals surface area (Å²) in [5.41, 5.74) is 9.45. The fourth-order valence-electron chi connectivity index (χ4n) is 2.84. The van der Waals surface area contributed by atoms with Crippen LogP contribution in [-0.4, -0.2) is 36.0 Å². The Morgan fingerprint density at radius 1 is 1.37 bits per heavy atom. The standard InChI is InChI=1S/C15H20N2O2/c1-9-5-11-7-14(19-13(11)6-10(9)2)15(18)17-4-3-12(16)8-17/h5-6,12,14H,3-4,7-8,16H2,1-2H3/t12-,14?/m0/s1. The number of hydrogen-bond donors (Lipinski definition) is 1. The molecular weight excluding hydrogens is 240 g/mol. The molecule has 1 fully saturated rings. The van der Waals surface area contributed by atoms with Crippen LogP contribution in [-0.2, 0) is 11.2 Å². The maximum absolute atomic E-state index is 12.4. The van der Waals surface area contributed by atoms with Crippen molar-refractivity contribution in [3.63, 3.8) is 0 Å². The van der Waals surface area contributed by atoms with Crippen molar-refractivity contribution in [2.75, 3.05) is 13.1 Å². The number of hydrogen-bond acceptors (Lipinski definition) is 3. The SMILES string of the molecule is Cc1cc2c(cc1C)OC(C(=O)N1CC[C@H](N)C1)C2. The van der Waals surface area contributed by atoms with Crippen molar-refractivity contribution in [1.29, 1.82) is 0 Å². The van der Waals surface area contributed by atoms with Crippen molar-refractivity contribution in [3.05, 3.63) is 28.8 Å². The summed E-state index contributed by atoms with van der Waals surface area (Å²) in [5.74, 6) is 0.949. The van der Waals surface area contributed by atoms with Gasteiger partial charge < -0.3 is 15.4 Å². The third kappa shape index (κ3) is 2.21. The van der Waals surface area contributed by atoms with E-state index in [0.29, 0.717) is 13.0 Å². The first-order valence-corrected chi connectivity index (χ1v) is 6.86. The monoisotopic (exact) mass is 260 g/mol. The second-order valence-corrected chi connectivity index (χ2v) is 5.69. The lowest BCUT2D eigenvalue weighted by atomic mass is 10.0. The Balaban J connectivity index is 1.75. The van der Waals surface area contributed by atoms with E-state index in [1.807, 2.05) is 11.0 Å². The van der Waals surface area contributed by atoms with E-state index in [1.54, 1.807) is 0 Å². The molecule has 0 aliphatic carbocycles.